The predicted molar refractivity (Wildman–Crippen MR) is 70.2 cm³/mol. The number of nitro benzene ring substituents is 1. The highest BCUT2D eigenvalue weighted by Gasteiger charge is 2.09. The van der Waals surface area contributed by atoms with Crippen molar-refractivity contribution in [3.8, 4) is 0 Å². The predicted octanol–water partition coefficient (Wildman–Crippen LogP) is 2.08. The first-order chi connectivity index (χ1) is 8.99. The van der Waals surface area contributed by atoms with Crippen molar-refractivity contribution in [1.82, 2.24) is 14.9 Å². The molecule has 0 unspecified atom stereocenters. The van der Waals surface area contributed by atoms with Crippen LogP contribution in [0.5, 0.6) is 0 Å². The molecule has 0 saturated carbocycles. The summed E-state index contributed by atoms with van der Waals surface area (Å²) in [5, 5.41) is 22.9. The molecule has 0 aliphatic heterocycles. The molecule has 7 heteroatoms. The Balaban J connectivity index is 2.42. The molecule has 19 heavy (non-hydrogen) atoms. The van der Waals surface area contributed by atoms with Gasteiger partial charge in [-0.1, -0.05) is 12.1 Å². The maximum Gasteiger partial charge on any atom is 0.270 e. The molecule has 1 heterocycles. The van der Waals surface area contributed by atoms with Crippen molar-refractivity contribution >= 4 is 11.4 Å². The van der Waals surface area contributed by atoms with E-state index in [-0.39, 0.29) is 5.69 Å². The number of nitro groups is 1. The molecule has 0 bridgehead atoms. The second kappa shape index (κ2) is 4.97. The summed E-state index contributed by atoms with van der Waals surface area (Å²) in [6, 6.07) is 6.36. The summed E-state index contributed by atoms with van der Waals surface area (Å²) < 4.78 is 1.61. The number of aromatic nitrogens is 3. The molecule has 0 fully saturated rings. The lowest BCUT2D eigenvalue weighted by Crippen LogP contribution is -2.03. The summed E-state index contributed by atoms with van der Waals surface area (Å²) in [5.41, 5.74) is 1.40. The lowest BCUT2D eigenvalue weighted by atomic mass is 10.1. The van der Waals surface area contributed by atoms with E-state index in [9.17, 15) is 10.1 Å². The molecule has 2 rings (SSSR count). The fourth-order valence-electron chi connectivity index (χ4n) is 1.66. The standard InChI is InChI=1S/C12H13N5O2/c1-8(15-16-9(2)13-14-10(16)3)11-5-4-6-12(7-11)17(18)19/h4-7H,1-3H3/b15-8+. The SMILES string of the molecule is C/C(=N\n1c(C)nnc1C)c1cccc([N+](=O)[O-])c1. The van der Waals surface area contributed by atoms with Gasteiger partial charge in [0.25, 0.3) is 5.69 Å². The molecule has 0 atom stereocenters. The second-order valence-corrected chi connectivity index (χ2v) is 4.10. The summed E-state index contributed by atoms with van der Waals surface area (Å²) >= 11 is 0. The topological polar surface area (TPSA) is 86.2 Å². The molecular weight excluding hydrogens is 246 g/mol. The minimum atomic E-state index is -0.425. The zero-order chi connectivity index (χ0) is 14.0. The summed E-state index contributed by atoms with van der Waals surface area (Å²) in [4.78, 5) is 10.3. The monoisotopic (exact) mass is 259 g/mol. The molecule has 0 saturated heterocycles. The molecule has 2 aromatic rings. The van der Waals surface area contributed by atoms with Crippen LogP contribution < -0.4 is 0 Å². The van der Waals surface area contributed by atoms with Crippen LogP contribution in [0.15, 0.2) is 29.4 Å². The van der Waals surface area contributed by atoms with Crippen molar-refractivity contribution in [3.05, 3.63) is 51.6 Å². The molecular formula is C12H13N5O2. The molecule has 0 N–H and O–H groups in total. The minimum absolute atomic E-state index is 0.0456. The van der Waals surface area contributed by atoms with Gasteiger partial charge in [-0.05, 0) is 20.8 Å². The van der Waals surface area contributed by atoms with Crippen LogP contribution in [-0.2, 0) is 0 Å². The smallest absolute Gasteiger partial charge is 0.258 e. The zero-order valence-electron chi connectivity index (χ0n) is 10.9. The highest BCUT2D eigenvalue weighted by molar-refractivity contribution is 5.99. The van der Waals surface area contributed by atoms with E-state index >= 15 is 0 Å². The summed E-state index contributed by atoms with van der Waals surface area (Å²) in [6.45, 7) is 5.38. The molecule has 1 aromatic carbocycles. The van der Waals surface area contributed by atoms with Gasteiger partial charge in [-0.2, -0.15) is 5.10 Å². The van der Waals surface area contributed by atoms with Crippen LogP contribution in [0.1, 0.15) is 24.1 Å². The van der Waals surface area contributed by atoms with Crippen LogP contribution in [0.4, 0.5) is 5.69 Å². The van der Waals surface area contributed by atoms with Gasteiger partial charge < -0.3 is 0 Å². The van der Waals surface area contributed by atoms with Gasteiger partial charge in [-0.25, -0.2) is 4.68 Å². The Morgan fingerprint density at radius 1 is 1.32 bits per heavy atom. The van der Waals surface area contributed by atoms with Gasteiger partial charge in [0.05, 0.1) is 10.6 Å². The fourth-order valence-corrected chi connectivity index (χ4v) is 1.66. The number of nitrogens with zero attached hydrogens (tertiary/aromatic N) is 5. The Morgan fingerprint density at radius 3 is 2.53 bits per heavy atom. The first-order valence-electron chi connectivity index (χ1n) is 5.68. The molecule has 0 amide bonds. The maximum absolute atomic E-state index is 10.7. The Hall–Kier alpha value is -2.57. The van der Waals surface area contributed by atoms with Crippen LogP contribution in [0.25, 0.3) is 0 Å². The average Bonchev–Trinajstić information content (AvgIpc) is 2.70. The number of aryl methyl sites for hydroxylation is 2. The van der Waals surface area contributed by atoms with Crippen LogP contribution in [0.3, 0.4) is 0 Å². The molecule has 0 radical (unpaired) electrons. The first kappa shape index (κ1) is 12.9. The van der Waals surface area contributed by atoms with Crippen molar-refractivity contribution in [1.29, 1.82) is 0 Å². The third kappa shape index (κ3) is 2.65. The van der Waals surface area contributed by atoms with Gasteiger partial charge in [0.1, 0.15) is 0 Å². The van der Waals surface area contributed by atoms with E-state index in [2.05, 4.69) is 15.3 Å². The van der Waals surface area contributed by atoms with Gasteiger partial charge in [0.2, 0.25) is 0 Å². The van der Waals surface area contributed by atoms with E-state index < -0.39 is 4.92 Å². The largest absolute Gasteiger partial charge is 0.270 e. The van der Waals surface area contributed by atoms with E-state index in [4.69, 9.17) is 0 Å². The van der Waals surface area contributed by atoms with Crippen molar-refractivity contribution in [2.45, 2.75) is 20.8 Å². The van der Waals surface area contributed by atoms with Crippen molar-refractivity contribution in [3.63, 3.8) is 0 Å². The van der Waals surface area contributed by atoms with Gasteiger partial charge in [0, 0.05) is 17.7 Å². The normalized spacial score (nSPS) is 11.6. The Labute approximate surface area is 109 Å². The molecule has 1 aromatic heterocycles. The third-order valence-electron chi connectivity index (χ3n) is 2.68. The minimum Gasteiger partial charge on any atom is -0.258 e. The molecule has 7 nitrogen and oxygen atoms in total. The Bertz CT molecular complexity index is 640. The number of hydrogen-bond donors (Lipinski definition) is 0. The molecule has 98 valence electrons. The van der Waals surface area contributed by atoms with E-state index in [1.165, 1.54) is 12.1 Å². The lowest BCUT2D eigenvalue weighted by Gasteiger charge is -2.03. The van der Waals surface area contributed by atoms with Gasteiger partial charge in [0.15, 0.2) is 11.6 Å². The van der Waals surface area contributed by atoms with E-state index in [1.54, 1.807) is 37.6 Å². The van der Waals surface area contributed by atoms with Crippen LogP contribution >= 0.6 is 0 Å². The van der Waals surface area contributed by atoms with Gasteiger partial charge in [-0.15, -0.1) is 10.2 Å². The summed E-state index contributed by atoms with van der Waals surface area (Å²) in [5.74, 6) is 1.34. The highest BCUT2D eigenvalue weighted by Crippen LogP contribution is 2.14. The number of rotatable bonds is 3. The fraction of sp³-hybridized carbons (Fsp3) is 0.250. The first-order valence-corrected chi connectivity index (χ1v) is 5.68. The molecule has 0 spiro atoms. The molecule has 0 aliphatic carbocycles. The lowest BCUT2D eigenvalue weighted by molar-refractivity contribution is -0.384. The Morgan fingerprint density at radius 2 is 1.95 bits per heavy atom. The average molecular weight is 259 g/mol. The maximum atomic E-state index is 10.7. The molecule has 0 aliphatic rings. The number of benzene rings is 1. The van der Waals surface area contributed by atoms with Crippen LogP contribution in [0, 0.1) is 24.0 Å². The van der Waals surface area contributed by atoms with Gasteiger partial charge >= 0.3 is 0 Å². The number of non-ortho nitro benzene ring substituents is 1. The van der Waals surface area contributed by atoms with Crippen LogP contribution in [0.2, 0.25) is 0 Å². The van der Waals surface area contributed by atoms with Gasteiger partial charge in [-0.3, -0.25) is 10.1 Å². The Kier molecular flexibility index (Phi) is 3.37. The quantitative estimate of drug-likeness (QED) is 0.479. The van der Waals surface area contributed by atoms with E-state index in [0.29, 0.717) is 22.9 Å². The zero-order valence-corrected chi connectivity index (χ0v) is 10.9. The highest BCUT2D eigenvalue weighted by atomic mass is 16.6. The van der Waals surface area contributed by atoms with Crippen molar-refractivity contribution in [2.24, 2.45) is 5.10 Å². The van der Waals surface area contributed by atoms with Crippen LogP contribution in [-0.4, -0.2) is 25.5 Å². The third-order valence-corrected chi connectivity index (χ3v) is 2.68. The van der Waals surface area contributed by atoms with Crippen molar-refractivity contribution in [2.75, 3.05) is 0 Å². The number of hydrogen-bond acceptors (Lipinski definition) is 5. The van der Waals surface area contributed by atoms with E-state index in [1.807, 2.05) is 0 Å². The second-order valence-electron chi connectivity index (χ2n) is 4.10. The summed E-state index contributed by atoms with van der Waals surface area (Å²) in [6.07, 6.45) is 0. The summed E-state index contributed by atoms with van der Waals surface area (Å²) in [7, 11) is 0. The van der Waals surface area contributed by atoms with E-state index in [0.717, 1.165) is 0 Å². The van der Waals surface area contributed by atoms with Crippen molar-refractivity contribution < 1.29 is 4.92 Å².